The summed E-state index contributed by atoms with van der Waals surface area (Å²) in [6.07, 6.45) is 3.20. The number of aromatic nitrogens is 1. The molecule has 3 rings (SSSR count). The van der Waals surface area contributed by atoms with Crippen LogP contribution in [0.1, 0.15) is 17.2 Å². The van der Waals surface area contributed by atoms with Gasteiger partial charge in [-0.1, -0.05) is 30.3 Å². The second-order valence-corrected chi connectivity index (χ2v) is 5.19. The molecule has 19 heavy (non-hydrogen) atoms. The topological polar surface area (TPSA) is 55.3 Å². The highest BCUT2D eigenvalue weighted by Crippen LogP contribution is 2.32. The van der Waals surface area contributed by atoms with Crippen LogP contribution in [0.25, 0.3) is 0 Å². The summed E-state index contributed by atoms with van der Waals surface area (Å²) in [6.45, 7) is 3.65. The molecule has 1 fully saturated rings. The largest absolute Gasteiger partial charge is 0.451 e. The minimum Gasteiger partial charge on any atom is -0.451 e. The summed E-state index contributed by atoms with van der Waals surface area (Å²) in [6, 6.07) is 10.7. The molecule has 2 atom stereocenters. The predicted octanol–water partition coefficient (Wildman–Crippen LogP) is 1.85. The minimum atomic E-state index is 0.523. The van der Waals surface area contributed by atoms with E-state index in [1.54, 1.807) is 6.26 Å². The molecule has 2 N–H and O–H groups in total. The lowest BCUT2D eigenvalue weighted by Gasteiger charge is -2.16. The van der Waals surface area contributed by atoms with Crippen molar-refractivity contribution in [2.75, 3.05) is 19.6 Å². The zero-order valence-corrected chi connectivity index (χ0v) is 10.9. The summed E-state index contributed by atoms with van der Waals surface area (Å²) in [5, 5.41) is 0. The summed E-state index contributed by atoms with van der Waals surface area (Å²) >= 11 is 0. The molecule has 0 radical (unpaired) electrons. The van der Waals surface area contributed by atoms with Crippen LogP contribution in [0.5, 0.6) is 0 Å². The fourth-order valence-corrected chi connectivity index (χ4v) is 2.95. The van der Waals surface area contributed by atoms with Crippen molar-refractivity contribution >= 4 is 0 Å². The standard InChI is InChI=1S/C15H19N3O/c16-6-13-7-18(8-14-10-19-11-17-14)9-15(13)12-4-2-1-3-5-12/h1-5,10-11,13,15H,6-9,16H2/t13-,15+/m1/s1. The number of benzene rings is 1. The Morgan fingerprint density at radius 1 is 1.26 bits per heavy atom. The molecular formula is C15H19N3O. The van der Waals surface area contributed by atoms with Gasteiger partial charge in [0.15, 0.2) is 6.39 Å². The third-order valence-electron chi connectivity index (χ3n) is 3.92. The molecule has 1 aromatic heterocycles. The molecule has 2 heterocycles. The molecule has 0 spiro atoms. The molecule has 1 aliphatic rings. The van der Waals surface area contributed by atoms with Crippen molar-refractivity contribution in [3.05, 3.63) is 54.2 Å². The van der Waals surface area contributed by atoms with Crippen LogP contribution >= 0.6 is 0 Å². The first-order valence-electron chi connectivity index (χ1n) is 6.71. The van der Waals surface area contributed by atoms with E-state index in [0.717, 1.165) is 31.9 Å². The summed E-state index contributed by atoms with van der Waals surface area (Å²) in [7, 11) is 0. The molecule has 0 aliphatic carbocycles. The fraction of sp³-hybridized carbons (Fsp3) is 0.400. The lowest BCUT2D eigenvalue weighted by Crippen LogP contribution is -2.23. The van der Waals surface area contributed by atoms with Gasteiger partial charge in [0.25, 0.3) is 0 Å². The number of rotatable bonds is 4. The Hall–Kier alpha value is -1.65. The Kier molecular flexibility index (Phi) is 3.62. The van der Waals surface area contributed by atoms with E-state index in [1.807, 2.05) is 0 Å². The predicted molar refractivity (Wildman–Crippen MR) is 73.5 cm³/mol. The maximum absolute atomic E-state index is 5.94. The molecule has 0 amide bonds. The SMILES string of the molecule is NC[C@@H]1CN(Cc2cocn2)C[C@H]1c1ccccc1. The number of nitrogens with two attached hydrogens (primary N) is 1. The van der Waals surface area contributed by atoms with Crippen LogP contribution in [0.4, 0.5) is 0 Å². The zero-order chi connectivity index (χ0) is 13.1. The van der Waals surface area contributed by atoms with Crippen molar-refractivity contribution in [2.24, 2.45) is 11.7 Å². The van der Waals surface area contributed by atoms with Gasteiger partial charge in [-0.15, -0.1) is 0 Å². The van der Waals surface area contributed by atoms with E-state index in [4.69, 9.17) is 10.2 Å². The minimum absolute atomic E-state index is 0.523. The molecule has 100 valence electrons. The van der Waals surface area contributed by atoms with Crippen LogP contribution in [0.2, 0.25) is 0 Å². The van der Waals surface area contributed by atoms with Crippen molar-refractivity contribution in [1.82, 2.24) is 9.88 Å². The first kappa shape index (κ1) is 12.4. The van der Waals surface area contributed by atoms with E-state index in [9.17, 15) is 0 Å². The van der Waals surface area contributed by atoms with Gasteiger partial charge in [-0.2, -0.15) is 0 Å². The summed E-state index contributed by atoms with van der Waals surface area (Å²) in [4.78, 5) is 6.60. The van der Waals surface area contributed by atoms with Gasteiger partial charge in [-0.3, -0.25) is 4.90 Å². The molecule has 1 saturated heterocycles. The summed E-state index contributed by atoms with van der Waals surface area (Å²) in [5.41, 5.74) is 8.32. The van der Waals surface area contributed by atoms with Gasteiger partial charge in [0.1, 0.15) is 6.26 Å². The molecule has 0 bridgehead atoms. The van der Waals surface area contributed by atoms with Gasteiger partial charge in [0.2, 0.25) is 0 Å². The van der Waals surface area contributed by atoms with E-state index in [-0.39, 0.29) is 0 Å². The number of hydrogen-bond acceptors (Lipinski definition) is 4. The number of hydrogen-bond donors (Lipinski definition) is 1. The number of oxazole rings is 1. The van der Waals surface area contributed by atoms with Crippen LogP contribution in [0.3, 0.4) is 0 Å². The quantitative estimate of drug-likeness (QED) is 0.908. The molecule has 1 aliphatic heterocycles. The molecule has 0 unspecified atom stereocenters. The average molecular weight is 257 g/mol. The van der Waals surface area contributed by atoms with Gasteiger partial charge < -0.3 is 10.2 Å². The Morgan fingerprint density at radius 2 is 2.11 bits per heavy atom. The average Bonchev–Trinajstić information content (AvgIpc) is 3.09. The number of likely N-dealkylation sites (tertiary alicyclic amines) is 1. The van der Waals surface area contributed by atoms with Crippen molar-refractivity contribution < 1.29 is 4.42 Å². The first-order chi connectivity index (χ1) is 9.36. The van der Waals surface area contributed by atoms with Crippen molar-refractivity contribution in [1.29, 1.82) is 0 Å². The Balaban J connectivity index is 1.72. The number of nitrogens with zero attached hydrogens (tertiary/aromatic N) is 2. The van der Waals surface area contributed by atoms with E-state index in [2.05, 4.69) is 40.2 Å². The van der Waals surface area contributed by atoms with Gasteiger partial charge in [0, 0.05) is 25.6 Å². The summed E-state index contributed by atoms with van der Waals surface area (Å²) in [5.74, 6) is 1.05. The molecular weight excluding hydrogens is 238 g/mol. The van der Waals surface area contributed by atoms with Crippen LogP contribution in [-0.4, -0.2) is 29.5 Å². The van der Waals surface area contributed by atoms with Gasteiger partial charge >= 0.3 is 0 Å². The maximum Gasteiger partial charge on any atom is 0.180 e. The maximum atomic E-state index is 5.94. The lowest BCUT2D eigenvalue weighted by atomic mass is 9.89. The fourth-order valence-electron chi connectivity index (χ4n) is 2.95. The summed E-state index contributed by atoms with van der Waals surface area (Å²) < 4.78 is 5.03. The highest BCUT2D eigenvalue weighted by atomic mass is 16.3. The van der Waals surface area contributed by atoms with Crippen molar-refractivity contribution in [3.8, 4) is 0 Å². The first-order valence-corrected chi connectivity index (χ1v) is 6.71. The highest BCUT2D eigenvalue weighted by molar-refractivity contribution is 5.22. The van der Waals surface area contributed by atoms with Gasteiger partial charge in [-0.25, -0.2) is 4.98 Å². The lowest BCUT2D eigenvalue weighted by molar-refractivity contribution is 0.312. The highest BCUT2D eigenvalue weighted by Gasteiger charge is 2.32. The second kappa shape index (κ2) is 5.55. The molecule has 4 heteroatoms. The van der Waals surface area contributed by atoms with E-state index in [0.29, 0.717) is 11.8 Å². The van der Waals surface area contributed by atoms with E-state index in [1.165, 1.54) is 12.0 Å². The van der Waals surface area contributed by atoms with Gasteiger partial charge in [-0.05, 0) is 18.0 Å². The van der Waals surface area contributed by atoms with E-state index < -0.39 is 0 Å². The second-order valence-electron chi connectivity index (χ2n) is 5.19. The molecule has 4 nitrogen and oxygen atoms in total. The third-order valence-corrected chi connectivity index (χ3v) is 3.92. The molecule has 0 saturated carbocycles. The van der Waals surface area contributed by atoms with E-state index >= 15 is 0 Å². The molecule has 1 aromatic carbocycles. The van der Waals surface area contributed by atoms with Crippen LogP contribution < -0.4 is 5.73 Å². The monoisotopic (exact) mass is 257 g/mol. The Bertz CT molecular complexity index is 497. The van der Waals surface area contributed by atoms with Crippen molar-refractivity contribution in [3.63, 3.8) is 0 Å². The Labute approximate surface area is 113 Å². The third kappa shape index (κ3) is 2.69. The molecule has 2 aromatic rings. The van der Waals surface area contributed by atoms with Crippen molar-refractivity contribution in [2.45, 2.75) is 12.5 Å². The zero-order valence-electron chi connectivity index (χ0n) is 10.9. The Morgan fingerprint density at radius 3 is 2.79 bits per heavy atom. The van der Waals surface area contributed by atoms with Crippen LogP contribution in [-0.2, 0) is 6.54 Å². The van der Waals surface area contributed by atoms with Gasteiger partial charge in [0.05, 0.1) is 5.69 Å². The smallest absolute Gasteiger partial charge is 0.180 e. The van der Waals surface area contributed by atoms with Crippen LogP contribution in [0.15, 0.2) is 47.4 Å². The normalized spacial score (nSPS) is 23.8. The van der Waals surface area contributed by atoms with Crippen LogP contribution in [0, 0.1) is 5.92 Å².